The van der Waals surface area contributed by atoms with E-state index < -0.39 is 42.3 Å². The second kappa shape index (κ2) is 11.6. The molecule has 0 aromatic rings. The van der Waals surface area contributed by atoms with E-state index in [4.69, 9.17) is 9.47 Å². The highest BCUT2D eigenvalue weighted by Crippen LogP contribution is 2.20. The van der Waals surface area contributed by atoms with Gasteiger partial charge in [-0.1, -0.05) is 26.7 Å². The van der Waals surface area contributed by atoms with Gasteiger partial charge in [-0.2, -0.15) is 0 Å². The van der Waals surface area contributed by atoms with Gasteiger partial charge in [0.05, 0.1) is 26.1 Å². The van der Waals surface area contributed by atoms with Gasteiger partial charge in [0.1, 0.15) is 0 Å². The Labute approximate surface area is 141 Å². The largest absolute Gasteiger partial charge is 0.466 e. The van der Waals surface area contributed by atoms with Crippen LogP contribution in [0.2, 0.25) is 0 Å². The maximum absolute atomic E-state index is 11.9. The van der Waals surface area contributed by atoms with E-state index in [2.05, 4.69) is 4.74 Å². The van der Waals surface area contributed by atoms with Gasteiger partial charge in [-0.05, 0) is 12.8 Å². The van der Waals surface area contributed by atoms with Crippen molar-refractivity contribution in [3.63, 3.8) is 0 Å². The molecule has 0 aliphatic heterocycles. The van der Waals surface area contributed by atoms with Crippen LogP contribution in [0.5, 0.6) is 0 Å². The van der Waals surface area contributed by atoms with Gasteiger partial charge in [0.15, 0.2) is 5.60 Å². The lowest BCUT2D eigenvalue weighted by atomic mass is 9.95. The first kappa shape index (κ1) is 22.0. The number of ether oxygens (including phenoxy) is 3. The Morgan fingerprint density at radius 1 is 0.875 bits per heavy atom. The Kier molecular flexibility index (Phi) is 10.6. The van der Waals surface area contributed by atoms with E-state index in [9.17, 15) is 24.3 Å². The normalized spacial score (nSPS) is 10.8. The van der Waals surface area contributed by atoms with Crippen LogP contribution in [-0.2, 0) is 33.4 Å². The summed E-state index contributed by atoms with van der Waals surface area (Å²) in [4.78, 5) is 46.3. The number of carbonyl (C=O) groups is 4. The Bertz CT molecular complexity index is 419. The van der Waals surface area contributed by atoms with E-state index in [1.807, 2.05) is 13.8 Å². The van der Waals surface area contributed by atoms with Crippen LogP contribution in [0.25, 0.3) is 0 Å². The van der Waals surface area contributed by atoms with Gasteiger partial charge in [0.2, 0.25) is 0 Å². The zero-order valence-electron chi connectivity index (χ0n) is 14.5. The quantitative estimate of drug-likeness (QED) is 0.257. The predicted molar refractivity (Wildman–Crippen MR) is 82.7 cm³/mol. The summed E-state index contributed by atoms with van der Waals surface area (Å²) in [6.07, 6.45) is 1.25. The fraction of sp³-hybridized carbons (Fsp3) is 0.750. The van der Waals surface area contributed by atoms with E-state index in [-0.39, 0.29) is 13.2 Å². The molecule has 0 heterocycles. The van der Waals surface area contributed by atoms with E-state index in [1.165, 1.54) is 0 Å². The second-order valence-electron chi connectivity index (χ2n) is 5.41. The smallest absolute Gasteiger partial charge is 0.346 e. The summed E-state index contributed by atoms with van der Waals surface area (Å²) < 4.78 is 14.1. The SMILES string of the molecule is CCCCOC(=O)CC(O)(CC(=O)OCCCC)C(=O)OC(C)=O. The molecule has 0 spiro atoms. The maximum Gasteiger partial charge on any atom is 0.346 e. The number of unbranched alkanes of at least 4 members (excludes halogenated alkanes) is 2. The van der Waals surface area contributed by atoms with Crippen LogP contribution in [-0.4, -0.2) is 47.8 Å². The lowest BCUT2D eigenvalue weighted by molar-refractivity contribution is -0.182. The van der Waals surface area contributed by atoms with Gasteiger partial charge in [0, 0.05) is 6.92 Å². The van der Waals surface area contributed by atoms with Gasteiger partial charge >= 0.3 is 23.9 Å². The molecular weight excluding hydrogens is 320 g/mol. The van der Waals surface area contributed by atoms with Crippen LogP contribution in [0.4, 0.5) is 0 Å². The monoisotopic (exact) mass is 346 g/mol. The van der Waals surface area contributed by atoms with E-state index in [1.54, 1.807) is 0 Å². The van der Waals surface area contributed by atoms with Crippen LogP contribution < -0.4 is 0 Å². The molecule has 8 nitrogen and oxygen atoms in total. The van der Waals surface area contributed by atoms with Crippen molar-refractivity contribution in [3.05, 3.63) is 0 Å². The molecule has 0 aromatic heterocycles. The Balaban J connectivity index is 4.87. The fourth-order valence-electron chi connectivity index (χ4n) is 1.67. The molecule has 0 fully saturated rings. The third-order valence-electron chi connectivity index (χ3n) is 3.01. The van der Waals surface area contributed by atoms with Crippen molar-refractivity contribution in [1.29, 1.82) is 0 Å². The van der Waals surface area contributed by atoms with Crippen molar-refractivity contribution in [2.24, 2.45) is 0 Å². The molecule has 0 amide bonds. The average molecular weight is 346 g/mol. The molecule has 0 aliphatic rings. The van der Waals surface area contributed by atoms with Crippen LogP contribution in [0.1, 0.15) is 59.3 Å². The van der Waals surface area contributed by atoms with Gasteiger partial charge in [-0.3, -0.25) is 14.4 Å². The van der Waals surface area contributed by atoms with E-state index >= 15 is 0 Å². The van der Waals surface area contributed by atoms with Crippen LogP contribution >= 0.6 is 0 Å². The van der Waals surface area contributed by atoms with Gasteiger partial charge < -0.3 is 19.3 Å². The molecule has 138 valence electrons. The molecule has 0 saturated heterocycles. The molecule has 24 heavy (non-hydrogen) atoms. The predicted octanol–water partition coefficient (Wildman–Crippen LogP) is 1.27. The molecule has 0 aliphatic carbocycles. The van der Waals surface area contributed by atoms with Crippen molar-refractivity contribution >= 4 is 23.9 Å². The molecule has 1 N–H and O–H groups in total. The molecule has 8 heteroatoms. The summed E-state index contributed by atoms with van der Waals surface area (Å²) in [6.45, 7) is 5.04. The van der Waals surface area contributed by atoms with Crippen molar-refractivity contribution in [2.45, 2.75) is 64.9 Å². The van der Waals surface area contributed by atoms with Gasteiger partial charge in [-0.15, -0.1) is 0 Å². The summed E-state index contributed by atoms with van der Waals surface area (Å²) >= 11 is 0. The average Bonchev–Trinajstić information content (AvgIpc) is 2.46. The Hall–Kier alpha value is -1.96. The fourth-order valence-corrected chi connectivity index (χ4v) is 1.67. The Morgan fingerprint density at radius 3 is 1.62 bits per heavy atom. The van der Waals surface area contributed by atoms with Crippen molar-refractivity contribution < 1.29 is 38.5 Å². The lowest BCUT2D eigenvalue weighted by Crippen LogP contribution is -2.45. The maximum atomic E-state index is 11.9. The molecular formula is C16H26O8. The second-order valence-corrected chi connectivity index (χ2v) is 5.41. The third kappa shape index (κ3) is 9.24. The summed E-state index contributed by atoms with van der Waals surface area (Å²) in [5.41, 5.74) is -2.50. The number of carbonyl (C=O) groups excluding carboxylic acids is 4. The van der Waals surface area contributed by atoms with Crippen molar-refractivity contribution in [3.8, 4) is 0 Å². The topological polar surface area (TPSA) is 116 Å². The minimum absolute atomic E-state index is 0.133. The standard InChI is InChI=1S/C16H26O8/c1-4-6-8-22-13(18)10-16(21,15(20)24-12(3)17)11-14(19)23-9-7-5-2/h21H,4-11H2,1-3H3. The van der Waals surface area contributed by atoms with Crippen molar-refractivity contribution in [1.82, 2.24) is 0 Å². The minimum atomic E-state index is -2.50. The zero-order chi connectivity index (χ0) is 18.6. The van der Waals surface area contributed by atoms with Gasteiger partial charge in [-0.25, -0.2) is 4.79 Å². The number of hydrogen-bond acceptors (Lipinski definition) is 8. The van der Waals surface area contributed by atoms with E-state index in [0.717, 1.165) is 19.8 Å². The van der Waals surface area contributed by atoms with Crippen LogP contribution in [0.3, 0.4) is 0 Å². The van der Waals surface area contributed by atoms with Crippen LogP contribution in [0, 0.1) is 0 Å². The highest BCUT2D eigenvalue weighted by atomic mass is 16.6. The Morgan fingerprint density at radius 2 is 1.29 bits per heavy atom. The first-order chi connectivity index (χ1) is 11.2. The molecule has 0 unspecified atom stereocenters. The third-order valence-corrected chi connectivity index (χ3v) is 3.01. The number of aliphatic hydroxyl groups is 1. The minimum Gasteiger partial charge on any atom is -0.466 e. The number of rotatable bonds is 11. The summed E-state index contributed by atoms with van der Waals surface area (Å²) in [5.74, 6) is -4.08. The van der Waals surface area contributed by atoms with Gasteiger partial charge in [0.25, 0.3) is 0 Å². The van der Waals surface area contributed by atoms with Crippen molar-refractivity contribution in [2.75, 3.05) is 13.2 Å². The molecule has 0 saturated carbocycles. The zero-order valence-corrected chi connectivity index (χ0v) is 14.5. The highest BCUT2D eigenvalue weighted by molar-refractivity contribution is 5.95. The number of esters is 4. The molecule has 0 rings (SSSR count). The number of hydrogen-bond donors (Lipinski definition) is 1. The first-order valence-corrected chi connectivity index (χ1v) is 8.01. The summed E-state index contributed by atoms with van der Waals surface area (Å²) in [5, 5.41) is 10.4. The highest BCUT2D eigenvalue weighted by Gasteiger charge is 2.44. The molecule has 0 aromatic carbocycles. The van der Waals surface area contributed by atoms with E-state index in [0.29, 0.717) is 12.8 Å². The molecule has 0 atom stereocenters. The summed E-state index contributed by atoms with van der Waals surface area (Å²) in [7, 11) is 0. The molecule has 0 bridgehead atoms. The first-order valence-electron chi connectivity index (χ1n) is 8.01. The summed E-state index contributed by atoms with van der Waals surface area (Å²) in [6, 6.07) is 0. The molecule has 0 radical (unpaired) electrons. The van der Waals surface area contributed by atoms with Crippen LogP contribution in [0.15, 0.2) is 0 Å². The lowest BCUT2D eigenvalue weighted by Gasteiger charge is -2.23.